The molecule has 0 aliphatic carbocycles. The van der Waals surface area contributed by atoms with Gasteiger partial charge in [0.1, 0.15) is 4.88 Å². The van der Waals surface area contributed by atoms with E-state index in [1.54, 1.807) is 12.3 Å². The quantitative estimate of drug-likeness (QED) is 0.468. The van der Waals surface area contributed by atoms with E-state index in [1.807, 2.05) is 42.5 Å². The number of hydrogen-bond acceptors (Lipinski definition) is 3. The molecule has 1 amide bonds. The largest absolute Gasteiger partial charge is 0.319 e. The fraction of sp³-hybridized carbons (Fsp3) is 0. The third-order valence-electron chi connectivity index (χ3n) is 3.69. The Labute approximate surface area is 151 Å². The van der Waals surface area contributed by atoms with Crippen molar-refractivity contribution in [3.8, 4) is 0 Å². The van der Waals surface area contributed by atoms with E-state index in [1.165, 1.54) is 11.3 Å². The molecule has 2 heterocycles. The molecule has 6 heteroatoms. The Hall–Kier alpha value is -2.14. The standard InChI is InChI=1S/C18H10Cl2N2OS/c19-11-6-2-8-13-14(11)15(20)17(24-13)18(23)22-12-7-1-4-10-5-3-9-21-16(10)12/h1-9H,(H,22,23). The van der Waals surface area contributed by atoms with Crippen molar-refractivity contribution in [2.75, 3.05) is 5.32 Å². The van der Waals surface area contributed by atoms with Crippen LogP contribution in [0.2, 0.25) is 10.0 Å². The van der Waals surface area contributed by atoms with Crippen LogP contribution in [0.25, 0.3) is 21.0 Å². The van der Waals surface area contributed by atoms with E-state index in [0.717, 1.165) is 15.6 Å². The molecule has 0 bridgehead atoms. The van der Waals surface area contributed by atoms with Crippen molar-refractivity contribution >= 4 is 67.1 Å². The molecule has 2 aromatic heterocycles. The van der Waals surface area contributed by atoms with E-state index in [-0.39, 0.29) is 5.91 Å². The van der Waals surface area contributed by atoms with Crippen LogP contribution < -0.4 is 5.32 Å². The second-order valence-corrected chi connectivity index (χ2v) is 7.03. The first-order valence-electron chi connectivity index (χ1n) is 7.17. The number of nitrogens with zero attached hydrogens (tertiary/aromatic N) is 1. The van der Waals surface area contributed by atoms with Crippen LogP contribution in [0.1, 0.15) is 9.67 Å². The summed E-state index contributed by atoms with van der Waals surface area (Å²) in [5.41, 5.74) is 1.39. The van der Waals surface area contributed by atoms with E-state index < -0.39 is 0 Å². The lowest BCUT2D eigenvalue weighted by Gasteiger charge is -2.07. The average Bonchev–Trinajstić information content (AvgIpc) is 2.93. The molecule has 0 spiro atoms. The van der Waals surface area contributed by atoms with Crippen molar-refractivity contribution in [1.82, 2.24) is 4.98 Å². The van der Waals surface area contributed by atoms with Gasteiger partial charge in [-0.2, -0.15) is 0 Å². The van der Waals surface area contributed by atoms with Gasteiger partial charge in [0, 0.05) is 21.7 Å². The number of para-hydroxylation sites is 1. The predicted octanol–water partition coefficient (Wildman–Crippen LogP) is 6.01. The maximum atomic E-state index is 12.7. The third kappa shape index (κ3) is 2.53. The molecule has 0 fully saturated rings. The first-order chi connectivity index (χ1) is 11.6. The maximum absolute atomic E-state index is 12.7. The molecular weight excluding hydrogens is 363 g/mol. The van der Waals surface area contributed by atoms with Crippen LogP contribution in [0, 0.1) is 0 Å². The van der Waals surface area contributed by atoms with Gasteiger partial charge in [0.05, 0.1) is 21.2 Å². The summed E-state index contributed by atoms with van der Waals surface area (Å²) in [6, 6.07) is 15.0. The highest BCUT2D eigenvalue weighted by Crippen LogP contribution is 2.39. The summed E-state index contributed by atoms with van der Waals surface area (Å²) in [5.74, 6) is -0.268. The predicted molar refractivity (Wildman–Crippen MR) is 102 cm³/mol. The van der Waals surface area contributed by atoms with Crippen LogP contribution in [0.5, 0.6) is 0 Å². The normalized spacial score (nSPS) is 11.1. The van der Waals surface area contributed by atoms with Gasteiger partial charge in [0.25, 0.3) is 5.91 Å². The second-order valence-electron chi connectivity index (χ2n) is 5.19. The third-order valence-corrected chi connectivity index (χ3v) is 5.65. The van der Waals surface area contributed by atoms with Crippen LogP contribution in [0.4, 0.5) is 5.69 Å². The minimum absolute atomic E-state index is 0.268. The number of amides is 1. The molecular formula is C18H10Cl2N2OS. The number of thiophene rings is 1. The monoisotopic (exact) mass is 372 g/mol. The topological polar surface area (TPSA) is 42.0 Å². The smallest absolute Gasteiger partial charge is 0.267 e. The molecule has 118 valence electrons. The molecule has 2 aromatic carbocycles. The van der Waals surface area contributed by atoms with Gasteiger partial charge in [-0.05, 0) is 24.3 Å². The van der Waals surface area contributed by atoms with E-state index in [2.05, 4.69) is 10.3 Å². The molecule has 0 unspecified atom stereocenters. The molecule has 4 aromatic rings. The number of hydrogen-bond donors (Lipinski definition) is 1. The van der Waals surface area contributed by atoms with Gasteiger partial charge in [-0.1, -0.05) is 47.5 Å². The highest BCUT2D eigenvalue weighted by atomic mass is 35.5. The molecule has 0 radical (unpaired) electrons. The maximum Gasteiger partial charge on any atom is 0.267 e. The Morgan fingerprint density at radius 3 is 2.67 bits per heavy atom. The lowest BCUT2D eigenvalue weighted by molar-refractivity contribution is 0.103. The van der Waals surface area contributed by atoms with Crippen LogP contribution >= 0.6 is 34.5 Å². The SMILES string of the molecule is O=C(Nc1cccc2cccnc12)c1sc2cccc(Cl)c2c1Cl. The summed E-state index contributed by atoms with van der Waals surface area (Å²) < 4.78 is 0.883. The zero-order valence-electron chi connectivity index (χ0n) is 12.2. The zero-order chi connectivity index (χ0) is 16.7. The fourth-order valence-electron chi connectivity index (χ4n) is 2.60. The van der Waals surface area contributed by atoms with Gasteiger partial charge in [-0.15, -0.1) is 11.3 Å². The molecule has 0 aliphatic rings. The van der Waals surface area contributed by atoms with Gasteiger partial charge in [0.15, 0.2) is 0 Å². The molecule has 3 nitrogen and oxygen atoms in total. The first kappa shape index (κ1) is 15.4. The minimum Gasteiger partial charge on any atom is -0.319 e. The highest BCUT2D eigenvalue weighted by Gasteiger charge is 2.19. The average molecular weight is 373 g/mol. The van der Waals surface area contributed by atoms with Gasteiger partial charge in [-0.25, -0.2) is 0 Å². The van der Waals surface area contributed by atoms with Gasteiger partial charge in [-0.3, -0.25) is 9.78 Å². The lowest BCUT2D eigenvalue weighted by Crippen LogP contribution is -2.11. The molecule has 1 N–H and O–H groups in total. The fourth-order valence-corrected chi connectivity index (χ4v) is 4.45. The van der Waals surface area contributed by atoms with Crippen LogP contribution in [-0.2, 0) is 0 Å². The van der Waals surface area contributed by atoms with Crippen molar-refractivity contribution < 1.29 is 4.79 Å². The number of pyridine rings is 1. The summed E-state index contributed by atoms with van der Waals surface area (Å²) >= 11 is 13.9. The molecule has 24 heavy (non-hydrogen) atoms. The Balaban J connectivity index is 1.77. The highest BCUT2D eigenvalue weighted by molar-refractivity contribution is 7.21. The Bertz CT molecular complexity index is 1090. The van der Waals surface area contributed by atoms with Gasteiger partial charge >= 0.3 is 0 Å². The molecule has 0 atom stereocenters. The van der Waals surface area contributed by atoms with Crippen LogP contribution in [0.3, 0.4) is 0 Å². The van der Waals surface area contributed by atoms with Gasteiger partial charge < -0.3 is 5.32 Å². The van der Waals surface area contributed by atoms with Crippen molar-refractivity contribution in [2.45, 2.75) is 0 Å². The minimum atomic E-state index is -0.268. The number of anilines is 1. The number of carbonyl (C=O) groups excluding carboxylic acids is 1. The summed E-state index contributed by atoms with van der Waals surface area (Å²) in [6.45, 7) is 0. The number of benzene rings is 2. The van der Waals surface area contributed by atoms with Gasteiger partial charge in [0.2, 0.25) is 0 Å². The number of fused-ring (bicyclic) bond motifs is 2. The van der Waals surface area contributed by atoms with Crippen LogP contribution in [-0.4, -0.2) is 10.9 Å². The summed E-state index contributed by atoms with van der Waals surface area (Å²) in [4.78, 5) is 17.5. The molecule has 0 saturated heterocycles. The number of aromatic nitrogens is 1. The number of rotatable bonds is 2. The summed E-state index contributed by atoms with van der Waals surface area (Å²) in [5, 5.41) is 5.50. The second kappa shape index (κ2) is 6.06. The van der Waals surface area contributed by atoms with Crippen molar-refractivity contribution in [2.24, 2.45) is 0 Å². The molecule has 0 aliphatic heterocycles. The number of halogens is 2. The number of nitrogens with one attached hydrogen (secondary N) is 1. The summed E-state index contributed by atoms with van der Waals surface area (Å²) in [6.07, 6.45) is 1.70. The Kier molecular flexibility index (Phi) is 3.88. The van der Waals surface area contributed by atoms with E-state index in [0.29, 0.717) is 26.0 Å². The first-order valence-corrected chi connectivity index (χ1v) is 8.74. The van der Waals surface area contributed by atoms with E-state index in [9.17, 15) is 4.79 Å². The van der Waals surface area contributed by atoms with Crippen molar-refractivity contribution in [3.63, 3.8) is 0 Å². The Morgan fingerprint density at radius 2 is 1.83 bits per heavy atom. The lowest BCUT2D eigenvalue weighted by atomic mass is 10.2. The van der Waals surface area contributed by atoms with E-state index >= 15 is 0 Å². The van der Waals surface area contributed by atoms with Crippen molar-refractivity contribution in [3.05, 3.63) is 69.7 Å². The Morgan fingerprint density at radius 1 is 1.04 bits per heavy atom. The van der Waals surface area contributed by atoms with Crippen molar-refractivity contribution in [1.29, 1.82) is 0 Å². The van der Waals surface area contributed by atoms with E-state index in [4.69, 9.17) is 23.2 Å². The zero-order valence-corrected chi connectivity index (χ0v) is 14.5. The molecule has 0 saturated carbocycles. The van der Waals surface area contributed by atoms with Crippen LogP contribution in [0.15, 0.2) is 54.7 Å². The molecule has 4 rings (SSSR count). The summed E-state index contributed by atoms with van der Waals surface area (Å²) in [7, 11) is 0. The number of carbonyl (C=O) groups is 1.